The van der Waals surface area contributed by atoms with Crippen molar-refractivity contribution in [1.82, 2.24) is 20.4 Å². The molecule has 0 spiro atoms. The minimum absolute atomic E-state index is 0.0218. The fraction of sp³-hybridized carbons (Fsp3) is 0.938. The zero-order chi connectivity index (χ0) is 14.7. The van der Waals surface area contributed by atoms with Gasteiger partial charge in [0, 0.05) is 51.4 Å². The van der Waals surface area contributed by atoms with Crippen molar-refractivity contribution in [3.63, 3.8) is 0 Å². The van der Waals surface area contributed by atoms with Crippen LogP contribution in [-0.4, -0.2) is 73.1 Å². The van der Waals surface area contributed by atoms with Crippen LogP contribution in [0.15, 0.2) is 0 Å². The largest absolute Gasteiger partial charge is 0.352 e. The number of rotatable bonds is 4. The van der Waals surface area contributed by atoms with E-state index in [0.29, 0.717) is 6.04 Å². The average Bonchev–Trinajstić information content (AvgIpc) is 2.46. The molecule has 2 heterocycles. The van der Waals surface area contributed by atoms with Crippen LogP contribution in [0.3, 0.4) is 0 Å². The van der Waals surface area contributed by atoms with Crippen LogP contribution in [0.1, 0.15) is 39.0 Å². The lowest BCUT2D eigenvalue weighted by Crippen LogP contribution is -2.63. The number of amides is 1. The van der Waals surface area contributed by atoms with Gasteiger partial charge in [-0.15, -0.1) is 0 Å². The van der Waals surface area contributed by atoms with Crippen LogP contribution in [0.25, 0.3) is 0 Å². The van der Waals surface area contributed by atoms with Crippen molar-refractivity contribution in [1.29, 1.82) is 0 Å². The summed E-state index contributed by atoms with van der Waals surface area (Å²) in [6.45, 7) is 8.60. The van der Waals surface area contributed by atoms with Crippen LogP contribution in [-0.2, 0) is 4.79 Å². The van der Waals surface area contributed by atoms with E-state index in [0.717, 1.165) is 45.3 Å². The van der Waals surface area contributed by atoms with Gasteiger partial charge < -0.3 is 10.6 Å². The molecule has 0 aromatic heterocycles. The van der Waals surface area contributed by atoms with E-state index < -0.39 is 0 Å². The molecule has 3 aliphatic rings. The third kappa shape index (κ3) is 3.76. The number of carbonyl (C=O) groups excluding carboxylic acids is 1. The summed E-state index contributed by atoms with van der Waals surface area (Å²) in [5, 5.41) is 6.60. The average molecular weight is 294 g/mol. The first-order valence-corrected chi connectivity index (χ1v) is 8.73. The highest BCUT2D eigenvalue weighted by Gasteiger charge is 2.31. The Kier molecular flexibility index (Phi) is 5.14. The topological polar surface area (TPSA) is 47.6 Å². The monoisotopic (exact) mass is 294 g/mol. The molecule has 3 rings (SSSR count). The van der Waals surface area contributed by atoms with E-state index in [-0.39, 0.29) is 11.9 Å². The first-order valence-electron chi connectivity index (χ1n) is 8.73. The Morgan fingerprint density at radius 1 is 1.10 bits per heavy atom. The number of nitrogens with zero attached hydrogens (tertiary/aromatic N) is 2. The summed E-state index contributed by atoms with van der Waals surface area (Å²) in [4.78, 5) is 17.3. The van der Waals surface area contributed by atoms with Crippen molar-refractivity contribution < 1.29 is 4.79 Å². The molecule has 1 aliphatic carbocycles. The minimum Gasteiger partial charge on any atom is -0.352 e. The summed E-state index contributed by atoms with van der Waals surface area (Å²) in [6, 6.07) is 1.18. The molecule has 0 bridgehead atoms. The standard InChI is InChI=1S/C16H30N4O/c1-13(16(21)18-14-5-3-2-4-6-14)19-7-9-20(10-8-19)15-11-17-12-15/h13-15,17H,2-12H2,1H3,(H,18,21). The molecule has 1 amide bonds. The van der Waals surface area contributed by atoms with Gasteiger partial charge in [-0.25, -0.2) is 0 Å². The molecule has 0 aromatic rings. The van der Waals surface area contributed by atoms with Gasteiger partial charge in [0.25, 0.3) is 0 Å². The van der Waals surface area contributed by atoms with E-state index in [4.69, 9.17) is 0 Å². The lowest BCUT2D eigenvalue weighted by molar-refractivity contribution is -0.127. The molecule has 5 nitrogen and oxygen atoms in total. The lowest BCUT2D eigenvalue weighted by atomic mass is 9.95. The predicted molar refractivity (Wildman–Crippen MR) is 84.3 cm³/mol. The predicted octanol–water partition coefficient (Wildman–Crippen LogP) is 0.413. The van der Waals surface area contributed by atoms with Crippen molar-refractivity contribution >= 4 is 5.91 Å². The summed E-state index contributed by atoms with van der Waals surface area (Å²) in [7, 11) is 0. The second kappa shape index (κ2) is 7.07. The van der Waals surface area contributed by atoms with Gasteiger partial charge in [-0.2, -0.15) is 0 Å². The van der Waals surface area contributed by atoms with Crippen LogP contribution in [0.5, 0.6) is 0 Å². The Morgan fingerprint density at radius 3 is 2.33 bits per heavy atom. The number of hydrogen-bond donors (Lipinski definition) is 2. The molecule has 3 fully saturated rings. The van der Waals surface area contributed by atoms with Crippen molar-refractivity contribution in [2.24, 2.45) is 0 Å². The Labute approximate surface area is 128 Å². The normalized spacial score (nSPS) is 28.0. The van der Waals surface area contributed by atoms with Crippen LogP contribution in [0, 0.1) is 0 Å². The molecule has 5 heteroatoms. The van der Waals surface area contributed by atoms with Gasteiger partial charge in [-0.05, 0) is 19.8 Å². The van der Waals surface area contributed by atoms with Crippen molar-refractivity contribution in [2.45, 2.75) is 57.2 Å². The van der Waals surface area contributed by atoms with Crippen molar-refractivity contribution in [2.75, 3.05) is 39.3 Å². The van der Waals surface area contributed by atoms with E-state index in [1.54, 1.807) is 0 Å². The molecule has 21 heavy (non-hydrogen) atoms. The van der Waals surface area contributed by atoms with Gasteiger partial charge in [0.2, 0.25) is 5.91 Å². The smallest absolute Gasteiger partial charge is 0.237 e. The fourth-order valence-electron chi connectivity index (χ4n) is 3.76. The first-order chi connectivity index (χ1) is 10.2. The number of carbonyl (C=O) groups is 1. The van der Waals surface area contributed by atoms with Crippen LogP contribution < -0.4 is 10.6 Å². The van der Waals surface area contributed by atoms with E-state index in [1.165, 1.54) is 32.1 Å². The Balaban J connectivity index is 1.42. The van der Waals surface area contributed by atoms with E-state index in [2.05, 4.69) is 27.4 Å². The summed E-state index contributed by atoms with van der Waals surface area (Å²) in [5.74, 6) is 0.237. The number of piperazine rings is 1. The molecule has 120 valence electrons. The molecule has 2 N–H and O–H groups in total. The second-order valence-electron chi connectivity index (χ2n) is 6.90. The lowest BCUT2D eigenvalue weighted by Gasteiger charge is -2.44. The second-order valence-corrected chi connectivity index (χ2v) is 6.90. The molecule has 1 unspecified atom stereocenters. The Hall–Kier alpha value is -0.650. The maximum Gasteiger partial charge on any atom is 0.237 e. The molecule has 0 aromatic carbocycles. The van der Waals surface area contributed by atoms with Crippen LogP contribution in [0.4, 0.5) is 0 Å². The minimum atomic E-state index is 0.0218. The molecular formula is C16H30N4O. The molecular weight excluding hydrogens is 264 g/mol. The van der Waals surface area contributed by atoms with E-state index in [1.807, 2.05) is 0 Å². The SMILES string of the molecule is CC(C(=O)NC1CCCCC1)N1CCN(C2CNC2)CC1. The molecule has 1 atom stereocenters. The molecule has 1 saturated carbocycles. The van der Waals surface area contributed by atoms with Crippen molar-refractivity contribution in [3.05, 3.63) is 0 Å². The number of hydrogen-bond acceptors (Lipinski definition) is 4. The van der Waals surface area contributed by atoms with Crippen LogP contribution in [0.2, 0.25) is 0 Å². The zero-order valence-electron chi connectivity index (χ0n) is 13.3. The summed E-state index contributed by atoms with van der Waals surface area (Å²) in [6.07, 6.45) is 6.21. The van der Waals surface area contributed by atoms with Gasteiger partial charge in [-0.3, -0.25) is 14.6 Å². The quantitative estimate of drug-likeness (QED) is 0.789. The van der Waals surface area contributed by atoms with E-state index >= 15 is 0 Å². The van der Waals surface area contributed by atoms with E-state index in [9.17, 15) is 4.79 Å². The highest BCUT2D eigenvalue weighted by atomic mass is 16.2. The van der Waals surface area contributed by atoms with Gasteiger partial charge in [0.05, 0.1) is 6.04 Å². The fourth-order valence-corrected chi connectivity index (χ4v) is 3.76. The summed E-state index contributed by atoms with van der Waals surface area (Å²) >= 11 is 0. The van der Waals surface area contributed by atoms with Crippen LogP contribution >= 0.6 is 0 Å². The molecule has 0 radical (unpaired) electrons. The van der Waals surface area contributed by atoms with Gasteiger partial charge in [0.15, 0.2) is 0 Å². The van der Waals surface area contributed by atoms with Crippen molar-refractivity contribution in [3.8, 4) is 0 Å². The highest BCUT2D eigenvalue weighted by molar-refractivity contribution is 5.81. The third-order valence-electron chi connectivity index (χ3n) is 5.50. The Morgan fingerprint density at radius 2 is 1.76 bits per heavy atom. The summed E-state index contributed by atoms with van der Waals surface area (Å²) in [5.41, 5.74) is 0. The zero-order valence-corrected chi connectivity index (χ0v) is 13.3. The molecule has 2 aliphatic heterocycles. The highest BCUT2D eigenvalue weighted by Crippen LogP contribution is 2.18. The maximum atomic E-state index is 12.4. The first kappa shape index (κ1) is 15.3. The maximum absolute atomic E-state index is 12.4. The molecule has 2 saturated heterocycles. The van der Waals surface area contributed by atoms with Gasteiger partial charge in [-0.1, -0.05) is 19.3 Å². The number of nitrogens with one attached hydrogen (secondary N) is 2. The third-order valence-corrected chi connectivity index (χ3v) is 5.50. The van der Waals surface area contributed by atoms with Gasteiger partial charge in [0.1, 0.15) is 0 Å². The van der Waals surface area contributed by atoms with Gasteiger partial charge >= 0.3 is 0 Å². The summed E-state index contributed by atoms with van der Waals surface area (Å²) < 4.78 is 0. The Bertz CT molecular complexity index is 344.